The van der Waals surface area contributed by atoms with Gasteiger partial charge in [0.15, 0.2) is 0 Å². The number of amides is 2. The summed E-state index contributed by atoms with van der Waals surface area (Å²) in [5.41, 5.74) is 1.83. The molecule has 4 nitrogen and oxygen atoms in total. The molecule has 1 atom stereocenters. The van der Waals surface area contributed by atoms with Gasteiger partial charge in [0.05, 0.1) is 5.41 Å². The van der Waals surface area contributed by atoms with E-state index < -0.39 is 5.41 Å². The molecule has 2 amide bonds. The average Bonchev–Trinajstić information content (AvgIpc) is 3.21. The highest BCUT2D eigenvalue weighted by atomic mass is 32.1. The van der Waals surface area contributed by atoms with Crippen LogP contribution >= 0.6 is 11.3 Å². The number of carbonyl (C=O) groups is 2. The first kappa shape index (κ1) is 19.2. The van der Waals surface area contributed by atoms with Crippen molar-refractivity contribution in [1.29, 1.82) is 0 Å². The van der Waals surface area contributed by atoms with Gasteiger partial charge in [-0.25, -0.2) is 0 Å². The third-order valence-electron chi connectivity index (χ3n) is 6.35. The molecule has 1 saturated heterocycles. The Morgan fingerprint density at radius 3 is 2.57 bits per heavy atom. The van der Waals surface area contributed by atoms with Gasteiger partial charge >= 0.3 is 0 Å². The molecule has 5 heteroatoms. The van der Waals surface area contributed by atoms with Crippen LogP contribution in [0.5, 0.6) is 0 Å². The third-order valence-corrected chi connectivity index (χ3v) is 7.27. The predicted octanol–water partition coefficient (Wildman–Crippen LogP) is 4.11. The minimum absolute atomic E-state index is 0.0564. The second-order valence-electron chi connectivity index (χ2n) is 8.20. The minimum Gasteiger partial charge on any atom is -0.359 e. The molecule has 4 rings (SSSR count). The zero-order valence-electron chi connectivity index (χ0n) is 16.4. The van der Waals surface area contributed by atoms with Crippen LogP contribution in [0.2, 0.25) is 0 Å². The highest BCUT2D eigenvalue weighted by molar-refractivity contribution is 7.13. The lowest BCUT2D eigenvalue weighted by atomic mass is 9.73. The zero-order chi connectivity index (χ0) is 19.6. The van der Waals surface area contributed by atoms with Crippen molar-refractivity contribution in [3.05, 3.63) is 47.3 Å². The van der Waals surface area contributed by atoms with Gasteiger partial charge in [-0.2, -0.15) is 0 Å². The van der Waals surface area contributed by atoms with Crippen molar-refractivity contribution in [3.8, 4) is 10.4 Å². The Balaban J connectivity index is 1.53. The number of nitrogens with zero attached hydrogens (tertiary/aromatic N) is 1. The number of carbonyl (C=O) groups excluding carboxylic acids is 2. The van der Waals surface area contributed by atoms with Crippen LogP contribution in [-0.4, -0.2) is 36.9 Å². The van der Waals surface area contributed by atoms with Crippen LogP contribution in [0.25, 0.3) is 10.4 Å². The predicted molar refractivity (Wildman–Crippen MR) is 113 cm³/mol. The number of benzene rings is 1. The van der Waals surface area contributed by atoms with Crippen molar-refractivity contribution in [1.82, 2.24) is 10.2 Å². The maximum atomic E-state index is 12.9. The van der Waals surface area contributed by atoms with Crippen molar-refractivity contribution >= 4 is 23.2 Å². The van der Waals surface area contributed by atoms with Gasteiger partial charge in [-0.05, 0) is 54.7 Å². The van der Waals surface area contributed by atoms with Gasteiger partial charge in [-0.3, -0.25) is 9.59 Å². The summed E-state index contributed by atoms with van der Waals surface area (Å²) >= 11 is 1.73. The van der Waals surface area contributed by atoms with E-state index in [-0.39, 0.29) is 17.7 Å². The quantitative estimate of drug-likeness (QED) is 0.827. The molecule has 2 fully saturated rings. The zero-order valence-corrected chi connectivity index (χ0v) is 17.3. The lowest BCUT2D eigenvalue weighted by Crippen LogP contribution is -2.55. The topological polar surface area (TPSA) is 49.4 Å². The SMILES string of the molecule is CNC(=O)[C@@]1(Cc2ccc(-c3cccs3)cc2)CCCN(C(=O)C2CCC2)C1. The fraction of sp³-hybridized carbons (Fsp3) is 0.478. The van der Waals surface area contributed by atoms with E-state index in [1.165, 1.54) is 10.4 Å². The summed E-state index contributed by atoms with van der Waals surface area (Å²) in [5.74, 6) is 0.499. The molecule has 0 radical (unpaired) electrons. The number of piperidine rings is 1. The van der Waals surface area contributed by atoms with Crippen molar-refractivity contribution in [2.24, 2.45) is 11.3 Å². The van der Waals surface area contributed by atoms with E-state index >= 15 is 0 Å². The Hall–Kier alpha value is -2.14. The van der Waals surface area contributed by atoms with Crippen LogP contribution in [0, 0.1) is 11.3 Å². The fourth-order valence-corrected chi connectivity index (χ4v) is 5.26. The number of nitrogens with one attached hydrogen (secondary N) is 1. The first-order valence-corrected chi connectivity index (χ1v) is 11.1. The third kappa shape index (κ3) is 3.72. The van der Waals surface area contributed by atoms with E-state index in [0.717, 1.165) is 44.2 Å². The molecule has 0 unspecified atom stereocenters. The lowest BCUT2D eigenvalue weighted by molar-refractivity contribution is -0.146. The first-order valence-electron chi connectivity index (χ1n) is 10.3. The molecule has 1 N–H and O–H groups in total. The summed E-state index contributed by atoms with van der Waals surface area (Å²) in [7, 11) is 1.71. The summed E-state index contributed by atoms with van der Waals surface area (Å²) in [6.07, 6.45) is 5.55. The molecular weight excluding hydrogens is 368 g/mol. The summed E-state index contributed by atoms with van der Waals surface area (Å²) in [6.45, 7) is 1.32. The van der Waals surface area contributed by atoms with Crippen molar-refractivity contribution in [2.75, 3.05) is 20.1 Å². The maximum Gasteiger partial charge on any atom is 0.228 e. The van der Waals surface area contributed by atoms with Gasteiger partial charge in [-0.15, -0.1) is 11.3 Å². The van der Waals surface area contributed by atoms with Crippen LogP contribution in [0.1, 0.15) is 37.7 Å². The van der Waals surface area contributed by atoms with Gasteiger partial charge in [0, 0.05) is 30.9 Å². The second-order valence-corrected chi connectivity index (χ2v) is 9.15. The Morgan fingerprint density at radius 1 is 1.18 bits per heavy atom. The summed E-state index contributed by atoms with van der Waals surface area (Å²) in [5, 5.41) is 4.95. The minimum atomic E-state index is -0.531. The number of likely N-dealkylation sites (tertiary alicyclic amines) is 1. The largest absolute Gasteiger partial charge is 0.359 e. The monoisotopic (exact) mass is 396 g/mol. The van der Waals surface area contributed by atoms with E-state index in [2.05, 4.69) is 47.1 Å². The molecule has 1 saturated carbocycles. The van der Waals surface area contributed by atoms with E-state index in [9.17, 15) is 9.59 Å². The highest BCUT2D eigenvalue weighted by Gasteiger charge is 2.44. The van der Waals surface area contributed by atoms with E-state index in [1.54, 1.807) is 18.4 Å². The Morgan fingerprint density at radius 2 is 1.96 bits per heavy atom. The number of hydrogen-bond acceptors (Lipinski definition) is 3. The molecule has 1 aromatic heterocycles. The molecule has 2 aromatic rings. The normalized spacial score (nSPS) is 22.5. The number of rotatable bonds is 5. The molecule has 1 aromatic carbocycles. The van der Waals surface area contributed by atoms with Gasteiger partial charge in [0.25, 0.3) is 0 Å². The van der Waals surface area contributed by atoms with Gasteiger partial charge in [-0.1, -0.05) is 36.8 Å². The number of hydrogen-bond donors (Lipinski definition) is 1. The summed E-state index contributed by atoms with van der Waals surface area (Å²) in [6, 6.07) is 12.7. The Bertz CT molecular complexity index is 827. The van der Waals surface area contributed by atoms with Crippen LogP contribution in [0.3, 0.4) is 0 Å². The standard InChI is InChI=1S/C23H28N2O2S/c1-24-22(27)23(12-4-13-25(16-23)21(26)19-5-2-6-19)15-17-8-10-18(11-9-17)20-7-3-14-28-20/h3,7-11,14,19H,2,4-6,12-13,15-16H2,1H3,(H,24,27)/t23-/m1/s1. The van der Waals surface area contributed by atoms with E-state index in [4.69, 9.17) is 0 Å². The average molecular weight is 397 g/mol. The highest BCUT2D eigenvalue weighted by Crippen LogP contribution is 2.37. The molecule has 28 heavy (non-hydrogen) atoms. The molecule has 2 aliphatic rings. The number of thiophene rings is 1. The van der Waals surface area contributed by atoms with E-state index in [1.807, 2.05) is 4.90 Å². The van der Waals surface area contributed by atoms with Crippen LogP contribution < -0.4 is 5.32 Å². The fourth-order valence-electron chi connectivity index (χ4n) is 4.53. The van der Waals surface area contributed by atoms with Gasteiger partial charge < -0.3 is 10.2 Å². The molecule has 1 aliphatic carbocycles. The summed E-state index contributed by atoms with van der Waals surface area (Å²) in [4.78, 5) is 28.9. The van der Waals surface area contributed by atoms with Crippen LogP contribution in [0.15, 0.2) is 41.8 Å². The van der Waals surface area contributed by atoms with Gasteiger partial charge in [0.1, 0.15) is 0 Å². The lowest BCUT2D eigenvalue weighted by Gasteiger charge is -2.43. The van der Waals surface area contributed by atoms with Crippen molar-refractivity contribution in [3.63, 3.8) is 0 Å². The molecule has 2 heterocycles. The van der Waals surface area contributed by atoms with E-state index in [0.29, 0.717) is 13.0 Å². The maximum absolute atomic E-state index is 12.9. The Kier molecular flexibility index (Phi) is 5.54. The second kappa shape index (κ2) is 8.08. The van der Waals surface area contributed by atoms with Gasteiger partial charge in [0.2, 0.25) is 11.8 Å². The van der Waals surface area contributed by atoms with Crippen molar-refractivity contribution in [2.45, 2.75) is 38.5 Å². The molecule has 0 bridgehead atoms. The molecule has 148 valence electrons. The summed E-state index contributed by atoms with van der Waals surface area (Å²) < 4.78 is 0. The molecule has 0 spiro atoms. The Labute approximate surface area is 170 Å². The molecular formula is C23H28N2O2S. The van der Waals surface area contributed by atoms with Crippen LogP contribution in [-0.2, 0) is 16.0 Å². The smallest absolute Gasteiger partial charge is 0.228 e. The molecule has 1 aliphatic heterocycles. The first-order chi connectivity index (χ1) is 13.6. The van der Waals surface area contributed by atoms with Crippen LogP contribution in [0.4, 0.5) is 0 Å². The van der Waals surface area contributed by atoms with Crippen molar-refractivity contribution < 1.29 is 9.59 Å².